The van der Waals surface area contributed by atoms with Crippen LogP contribution < -0.4 is 5.23 Å². The van der Waals surface area contributed by atoms with Gasteiger partial charge < -0.3 is 9.88 Å². The van der Waals surface area contributed by atoms with Crippen molar-refractivity contribution in [2.24, 2.45) is 0 Å². The summed E-state index contributed by atoms with van der Waals surface area (Å²) >= 11 is 0. The monoisotopic (exact) mass is 467 g/mol. The Labute approximate surface area is 203 Å². The van der Waals surface area contributed by atoms with E-state index in [2.05, 4.69) is 63.9 Å². The number of hydrogen-bond donors (Lipinski definition) is 1. The van der Waals surface area contributed by atoms with E-state index in [4.69, 9.17) is 4.65 Å². The molecule has 5 fully saturated rings. The zero-order valence-corrected chi connectivity index (χ0v) is 18.9. The molecule has 1 saturated heterocycles. The fourth-order valence-corrected chi connectivity index (χ4v) is 3.28. The Morgan fingerprint density at radius 1 is 0.690 bits per heavy atom. The van der Waals surface area contributed by atoms with Gasteiger partial charge in [0.2, 0.25) is 0 Å². The largest absolute Gasteiger partial charge is 2.00 e. The first kappa shape index (κ1) is 28.1. The molecular formula is C24H26BFe2NO+4. The van der Waals surface area contributed by atoms with E-state index in [0.29, 0.717) is 0 Å². The average Bonchev–Trinajstić information content (AvgIpc) is 3.48. The molecule has 4 saturated carbocycles. The van der Waals surface area contributed by atoms with Gasteiger partial charge in [-0.05, 0) is 122 Å². The molecule has 0 aromatic rings. The number of nitrogens with one attached hydrogen (secondary N) is 1. The van der Waals surface area contributed by atoms with Gasteiger partial charge in [0, 0.05) is 17.9 Å². The van der Waals surface area contributed by atoms with E-state index in [-0.39, 0.29) is 53.3 Å². The minimum Gasteiger partial charge on any atom is -0.417 e. The van der Waals surface area contributed by atoms with Crippen LogP contribution in [0.15, 0.2) is 0 Å². The summed E-state index contributed by atoms with van der Waals surface area (Å²) in [5.41, 5.74) is 0. The molecule has 29 heavy (non-hydrogen) atoms. The maximum absolute atomic E-state index is 6.01. The summed E-state index contributed by atoms with van der Waals surface area (Å²) in [4.78, 5) is 0. The van der Waals surface area contributed by atoms with Gasteiger partial charge in [-0.25, -0.2) is 0 Å². The molecule has 5 heteroatoms. The van der Waals surface area contributed by atoms with Crippen molar-refractivity contribution in [3.05, 3.63) is 127 Å². The summed E-state index contributed by atoms with van der Waals surface area (Å²) in [6, 6.07) is 0.265. The summed E-state index contributed by atoms with van der Waals surface area (Å²) in [6.07, 6.45) is 35.0. The molecular weight excluding hydrogens is 441 g/mol. The van der Waals surface area contributed by atoms with E-state index < -0.39 is 0 Å². The molecule has 1 heterocycles. The second-order valence-electron chi connectivity index (χ2n) is 6.65. The Kier molecular flexibility index (Phi) is 15.3. The molecule has 1 aliphatic heterocycles. The SMILES string of the molecule is CB1N[C@H]([C]2[CH][CH][CH][CH]2)[C@H]([C]2[CH][CH][CH][C]2C)O1.[CH]1[CH][CH][CH][CH]1.[CH]1[CH][CH][CH][CH]1.[Fe+2].[Fe+2]. The first-order valence-corrected chi connectivity index (χ1v) is 9.44. The molecule has 0 amide bonds. The van der Waals surface area contributed by atoms with Crippen LogP contribution in [0.4, 0.5) is 0 Å². The molecule has 5 aliphatic rings. The van der Waals surface area contributed by atoms with E-state index in [1.54, 1.807) is 0 Å². The van der Waals surface area contributed by atoms with Crippen molar-refractivity contribution in [2.75, 3.05) is 0 Å². The van der Waals surface area contributed by atoms with Crippen molar-refractivity contribution < 1.29 is 38.8 Å². The van der Waals surface area contributed by atoms with E-state index in [1.807, 2.05) is 64.2 Å². The molecule has 0 aromatic heterocycles. The molecule has 0 unspecified atom stereocenters. The van der Waals surface area contributed by atoms with Gasteiger partial charge in [-0.15, -0.1) is 0 Å². The van der Waals surface area contributed by atoms with Gasteiger partial charge in [-0.3, -0.25) is 0 Å². The predicted molar refractivity (Wildman–Crippen MR) is 112 cm³/mol. The van der Waals surface area contributed by atoms with Crippen LogP contribution in [0, 0.1) is 127 Å². The minimum atomic E-state index is 0. The zero-order chi connectivity index (χ0) is 18.9. The van der Waals surface area contributed by atoms with E-state index in [9.17, 15) is 0 Å². The zero-order valence-electron chi connectivity index (χ0n) is 16.7. The summed E-state index contributed by atoms with van der Waals surface area (Å²) in [5.74, 6) is 3.91. The molecule has 0 aromatic carbocycles. The van der Waals surface area contributed by atoms with Crippen molar-refractivity contribution in [2.45, 2.75) is 25.9 Å². The van der Waals surface area contributed by atoms with Gasteiger partial charge in [-0.1, -0.05) is 6.92 Å². The first-order chi connectivity index (χ1) is 13.3. The van der Waals surface area contributed by atoms with Gasteiger partial charge in [0.05, 0.1) is 6.10 Å². The van der Waals surface area contributed by atoms with Crippen LogP contribution in [-0.2, 0) is 38.8 Å². The van der Waals surface area contributed by atoms with Crippen molar-refractivity contribution in [3.63, 3.8) is 0 Å². The van der Waals surface area contributed by atoms with E-state index in [0.717, 1.165) is 0 Å². The molecule has 2 atom stereocenters. The van der Waals surface area contributed by atoms with Crippen LogP contribution in [0.25, 0.3) is 0 Å². The van der Waals surface area contributed by atoms with Crippen molar-refractivity contribution in [1.29, 1.82) is 0 Å². The molecule has 1 N–H and O–H groups in total. The molecule has 0 spiro atoms. The fraction of sp³-hybridized carbons (Fsp3) is 0.167. The van der Waals surface area contributed by atoms with Crippen LogP contribution in [0.1, 0.15) is 6.92 Å². The van der Waals surface area contributed by atoms with Crippen LogP contribution >= 0.6 is 0 Å². The fourth-order valence-electron chi connectivity index (χ4n) is 3.28. The van der Waals surface area contributed by atoms with Gasteiger partial charge in [0.15, 0.2) is 0 Å². The molecule has 20 radical (unpaired) electrons. The van der Waals surface area contributed by atoms with Crippen molar-refractivity contribution in [1.82, 2.24) is 5.23 Å². The van der Waals surface area contributed by atoms with E-state index in [1.165, 1.54) is 17.8 Å². The number of rotatable bonds is 2. The minimum absolute atomic E-state index is 0. The number of hydrogen-bond acceptors (Lipinski definition) is 2. The molecule has 4 aliphatic carbocycles. The van der Waals surface area contributed by atoms with Crippen LogP contribution in [0.2, 0.25) is 6.82 Å². The molecule has 2 nitrogen and oxygen atoms in total. The smallest absolute Gasteiger partial charge is 0.417 e. The Balaban J connectivity index is 0.000000290. The Bertz CT molecular complexity index is 375. The van der Waals surface area contributed by atoms with Crippen molar-refractivity contribution in [3.8, 4) is 0 Å². The summed E-state index contributed by atoms with van der Waals surface area (Å²) in [5, 5.41) is 3.50. The Morgan fingerprint density at radius 2 is 1.17 bits per heavy atom. The molecule has 0 bridgehead atoms. The second kappa shape index (κ2) is 15.8. The maximum atomic E-state index is 6.01. The quantitative estimate of drug-likeness (QED) is 0.627. The van der Waals surface area contributed by atoms with Crippen LogP contribution in [0.3, 0.4) is 0 Å². The van der Waals surface area contributed by atoms with Gasteiger partial charge in [-0.2, -0.15) is 0 Å². The third-order valence-corrected chi connectivity index (χ3v) is 4.61. The van der Waals surface area contributed by atoms with Gasteiger partial charge >= 0.3 is 41.2 Å². The van der Waals surface area contributed by atoms with E-state index >= 15 is 0 Å². The maximum Gasteiger partial charge on any atom is 2.00 e. The molecule has 5 rings (SSSR count). The predicted octanol–water partition coefficient (Wildman–Crippen LogP) is 3.70. The van der Waals surface area contributed by atoms with Crippen LogP contribution in [-0.4, -0.2) is 19.2 Å². The topological polar surface area (TPSA) is 21.3 Å². The Hall–Kier alpha value is 1.02. The standard InChI is InChI=1S/C14H16BNO.2C5H5.2Fe/c1-10-6-5-9-12(10)14-13(16-15(2)17-14)11-7-3-4-8-11;2*1-2-4-5-3-1;;/h3-9,13-14,16H,1-2H3;2*1-5H;;/q;;;2*+2/t13-,14+;;;;/m1..../s1. The van der Waals surface area contributed by atoms with Crippen molar-refractivity contribution >= 4 is 7.05 Å². The van der Waals surface area contributed by atoms with Gasteiger partial charge in [0.25, 0.3) is 0 Å². The van der Waals surface area contributed by atoms with Crippen LogP contribution in [0.5, 0.6) is 0 Å². The summed E-state index contributed by atoms with van der Waals surface area (Å²) in [6.45, 7) is 4.21. The third-order valence-electron chi connectivity index (χ3n) is 4.61. The third kappa shape index (κ3) is 9.19. The summed E-state index contributed by atoms with van der Waals surface area (Å²) in [7, 11) is 0.106. The molecule has 148 valence electrons. The second-order valence-corrected chi connectivity index (χ2v) is 6.65. The first-order valence-electron chi connectivity index (χ1n) is 9.44. The van der Waals surface area contributed by atoms with Gasteiger partial charge in [0.1, 0.15) is 0 Å². The average molecular weight is 467 g/mol. The normalized spacial score (nSPS) is 30.2. The summed E-state index contributed by atoms with van der Waals surface area (Å²) < 4.78 is 6.01. The Morgan fingerprint density at radius 3 is 1.59 bits per heavy atom.